The first-order valence-electron chi connectivity index (χ1n) is 8.77. The largest absolute Gasteiger partial charge is 0.338 e. The number of thiophene rings is 1. The smallest absolute Gasteiger partial charge is 0.253 e. The molecule has 0 radical (unpaired) electrons. The molecule has 4 rings (SSSR count). The first-order chi connectivity index (χ1) is 11.7. The van der Waals surface area contributed by atoms with Crippen molar-refractivity contribution in [3.8, 4) is 10.4 Å². The summed E-state index contributed by atoms with van der Waals surface area (Å²) in [6.45, 7) is 4.12. The van der Waals surface area contributed by atoms with Crippen molar-refractivity contribution in [1.29, 1.82) is 0 Å². The second-order valence-electron chi connectivity index (χ2n) is 7.37. The van der Waals surface area contributed by atoms with Crippen LogP contribution in [0.15, 0.2) is 41.8 Å². The molecular weight excluding hydrogens is 316 g/mol. The van der Waals surface area contributed by atoms with Gasteiger partial charge in [0.2, 0.25) is 0 Å². The van der Waals surface area contributed by atoms with Crippen LogP contribution in [0.5, 0.6) is 0 Å². The van der Waals surface area contributed by atoms with E-state index in [0.29, 0.717) is 5.41 Å². The molecule has 2 fully saturated rings. The molecule has 0 unspecified atom stereocenters. The molecule has 3 heterocycles. The lowest BCUT2D eigenvalue weighted by molar-refractivity contribution is 0.0534. The Balaban J connectivity index is 1.49. The van der Waals surface area contributed by atoms with Crippen LogP contribution in [0, 0.1) is 5.41 Å². The minimum absolute atomic E-state index is 0.196. The maximum atomic E-state index is 12.9. The summed E-state index contributed by atoms with van der Waals surface area (Å²) in [5, 5.41) is 2.08. The summed E-state index contributed by atoms with van der Waals surface area (Å²) >= 11 is 1.73. The highest BCUT2D eigenvalue weighted by Crippen LogP contribution is 2.38. The fourth-order valence-corrected chi connectivity index (χ4v) is 5.01. The summed E-state index contributed by atoms with van der Waals surface area (Å²) in [5.41, 5.74) is 2.34. The molecule has 126 valence electrons. The van der Waals surface area contributed by atoms with Crippen molar-refractivity contribution in [3.05, 3.63) is 47.3 Å². The van der Waals surface area contributed by atoms with E-state index in [9.17, 15) is 4.79 Å². The maximum Gasteiger partial charge on any atom is 0.253 e. The Morgan fingerprint density at radius 3 is 2.58 bits per heavy atom. The Morgan fingerprint density at radius 2 is 1.92 bits per heavy atom. The number of piperidine rings is 1. The Bertz CT molecular complexity index is 706. The Hall–Kier alpha value is -1.65. The number of amides is 1. The number of rotatable bonds is 2. The number of hydrogen-bond donors (Lipinski definition) is 0. The molecule has 1 amide bonds. The fourth-order valence-electron chi connectivity index (χ4n) is 4.28. The van der Waals surface area contributed by atoms with Crippen molar-refractivity contribution in [3.63, 3.8) is 0 Å². The second-order valence-corrected chi connectivity index (χ2v) is 8.32. The van der Waals surface area contributed by atoms with Crippen LogP contribution < -0.4 is 0 Å². The SMILES string of the molecule is CN1CC[C@]2(CCCN(C(=O)c3ccc(-c4cccs4)cc3)C2)C1. The zero-order valence-electron chi connectivity index (χ0n) is 14.2. The average molecular weight is 340 g/mol. The zero-order chi connectivity index (χ0) is 16.6. The van der Waals surface area contributed by atoms with Crippen LogP contribution in [0.25, 0.3) is 10.4 Å². The van der Waals surface area contributed by atoms with E-state index >= 15 is 0 Å². The lowest BCUT2D eigenvalue weighted by atomic mass is 9.79. The molecular formula is C20H24N2OS. The number of carbonyl (C=O) groups is 1. The van der Waals surface area contributed by atoms with Gasteiger partial charge in [-0.05, 0) is 62.0 Å². The van der Waals surface area contributed by atoms with Crippen LogP contribution in [-0.2, 0) is 0 Å². The molecule has 3 nitrogen and oxygen atoms in total. The van der Waals surface area contributed by atoms with Crippen molar-refractivity contribution < 1.29 is 4.79 Å². The number of likely N-dealkylation sites (tertiary alicyclic amines) is 2. The number of nitrogens with zero attached hydrogens (tertiary/aromatic N) is 2. The molecule has 24 heavy (non-hydrogen) atoms. The average Bonchev–Trinajstić information content (AvgIpc) is 3.25. The zero-order valence-corrected chi connectivity index (χ0v) is 15.0. The van der Waals surface area contributed by atoms with Gasteiger partial charge in [0, 0.05) is 35.5 Å². The van der Waals surface area contributed by atoms with E-state index in [0.717, 1.165) is 38.2 Å². The molecule has 2 aliphatic rings. The van der Waals surface area contributed by atoms with Crippen LogP contribution in [0.2, 0.25) is 0 Å². The molecule has 0 N–H and O–H groups in total. The van der Waals surface area contributed by atoms with E-state index in [4.69, 9.17) is 0 Å². The summed E-state index contributed by atoms with van der Waals surface area (Å²) in [7, 11) is 2.19. The highest BCUT2D eigenvalue weighted by atomic mass is 32.1. The second kappa shape index (κ2) is 6.34. The van der Waals surface area contributed by atoms with E-state index < -0.39 is 0 Å². The van der Waals surface area contributed by atoms with Crippen LogP contribution in [0.3, 0.4) is 0 Å². The monoisotopic (exact) mass is 340 g/mol. The lowest BCUT2D eigenvalue weighted by Gasteiger charge is -2.40. The minimum atomic E-state index is 0.196. The molecule has 1 atom stereocenters. The molecule has 1 aromatic heterocycles. The van der Waals surface area contributed by atoms with E-state index in [-0.39, 0.29) is 5.91 Å². The number of hydrogen-bond acceptors (Lipinski definition) is 3. The van der Waals surface area contributed by atoms with Crippen LogP contribution in [-0.4, -0.2) is 48.9 Å². The van der Waals surface area contributed by atoms with E-state index in [1.165, 1.54) is 23.3 Å². The standard InChI is InChI=1S/C20H24N2OS/c1-21-12-10-20(14-21)9-3-11-22(15-20)19(23)17-7-5-16(6-8-17)18-4-2-13-24-18/h2,4-8,13H,3,9-12,14-15H2,1H3/t20-/m1/s1. The van der Waals surface area contributed by atoms with Gasteiger partial charge in [-0.15, -0.1) is 11.3 Å². The first kappa shape index (κ1) is 15.9. The van der Waals surface area contributed by atoms with Crippen LogP contribution in [0.4, 0.5) is 0 Å². The van der Waals surface area contributed by atoms with E-state index in [1.807, 2.05) is 12.1 Å². The highest BCUT2D eigenvalue weighted by molar-refractivity contribution is 7.13. The van der Waals surface area contributed by atoms with E-state index in [1.54, 1.807) is 11.3 Å². The van der Waals surface area contributed by atoms with Crippen molar-refractivity contribution in [2.45, 2.75) is 19.3 Å². The van der Waals surface area contributed by atoms with Crippen LogP contribution >= 0.6 is 11.3 Å². The van der Waals surface area contributed by atoms with Gasteiger partial charge in [-0.25, -0.2) is 0 Å². The third kappa shape index (κ3) is 3.01. The third-order valence-corrected chi connectivity index (χ3v) is 6.43. The molecule has 2 saturated heterocycles. The molecule has 1 aromatic carbocycles. The predicted molar refractivity (Wildman–Crippen MR) is 99.4 cm³/mol. The summed E-state index contributed by atoms with van der Waals surface area (Å²) in [6, 6.07) is 12.3. The molecule has 4 heteroatoms. The first-order valence-corrected chi connectivity index (χ1v) is 9.65. The van der Waals surface area contributed by atoms with Gasteiger partial charge in [0.15, 0.2) is 0 Å². The predicted octanol–water partition coefficient (Wildman–Crippen LogP) is 3.97. The van der Waals surface area contributed by atoms with Gasteiger partial charge in [0.25, 0.3) is 5.91 Å². The normalized spacial score (nSPS) is 24.6. The fraction of sp³-hybridized carbons (Fsp3) is 0.450. The molecule has 0 saturated carbocycles. The summed E-state index contributed by atoms with van der Waals surface area (Å²) in [5.74, 6) is 0.196. The van der Waals surface area contributed by atoms with Crippen molar-refractivity contribution in [1.82, 2.24) is 9.80 Å². The molecule has 2 aliphatic heterocycles. The van der Waals surface area contributed by atoms with Gasteiger partial charge in [-0.1, -0.05) is 18.2 Å². The quantitative estimate of drug-likeness (QED) is 0.826. The molecule has 0 bridgehead atoms. The van der Waals surface area contributed by atoms with Gasteiger partial charge in [0.1, 0.15) is 0 Å². The van der Waals surface area contributed by atoms with E-state index in [2.05, 4.69) is 46.5 Å². The van der Waals surface area contributed by atoms with Crippen molar-refractivity contribution >= 4 is 17.2 Å². The Kier molecular flexibility index (Phi) is 4.19. The van der Waals surface area contributed by atoms with Gasteiger partial charge in [-0.3, -0.25) is 4.79 Å². The lowest BCUT2D eigenvalue weighted by Crippen LogP contribution is -2.47. The minimum Gasteiger partial charge on any atom is -0.338 e. The third-order valence-electron chi connectivity index (χ3n) is 5.52. The Labute approximate surface area is 147 Å². The maximum absolute atomic E-state index is 12.9. The number of carbonyl (C=O) groups excluding carboxylic acids is 1. The summed E-state index contributed by atoms with van der Waals surface area (Å²) in [4.78, 5) is 18.7. The van der Waals surface area contributed by atoms with Crippen LogP contribution in [0.1, 0.15) is 29.6 Å². The summed E-state index contributed by atoms with van der Waals surface area (Å²) < 4.78 is 0. The molecule has 1 spiro atoms. The topological polar surface area (TPSA) is 23.6 Å². The number of benzene rings is 1. The van der Waals surface area contributed by atoms with Gasteiger partial charge >= 0.3 is 0 Å². The molecule has 0 aliphatic carbocycles. The van der Waals surface area contributed by atoms with Crippen molar-refractivity contribution in [2.75, 3.05) is 33.2 Å². The van der Waals surface area contributed by atoms with Gasteiger partial charge < -0.3 is 9.80 Å². The highest BCUT2D eigenvalue weighted by Gasteiger charge is 2.41. The van der Waals surface area contributed by atoms with Gasteiger partial charge in [-0.2, -0.15) is 0 Å². The van der Waals surface area contributed by atoms with Crippen molar-refractivity contribution in [2.24, 2.45) is 5.41 Å². The Morgan fingerprint density at radius 1 is 1.08 bits per heavy atom. The van der Waals surface area contributed by atoms with Gasteiger partial charge in [0.05, 0.1) is 0 Å². The molecule has 2 aromatic rings. The summed E-state index contributed by atoms with van der Waals surface area (Å²) in [6.07, 6.45) is 3.62.